The highest BCUT2D eigenvalue weighted by molar-refractivity contribution is 5.95. The smallest absolute Gasteiger partial charge is 0.253 e. The molecule has 3 aliphatic heterocycles. The van der Waals surface area contributed by atoms with Crippen LogP contribution in [-0.2, 0) is 11.3 Å². The molecule has 5 nitrogen and oxygen atoms in total. The zero-order valence-electron chi connectivity index (χ0n) is 17.5. The average molecular weight is 404 g/mol. The molecule has 1 amide bonds. The molecule has 2 bridgehead atoms. The number of benzene rings is 1. The van der Waals surface area contributed by atoms with Crippen molar-refractivity contribution in [2.75, 3.05) is 19.6 Å². The largest absolute Gasteiger partial charge is 0.370 e. The summed E-state index contributed by atoms with van der Waals surface area (Å²) in [7, 11) is 0. The van der Waals surface area contributed by atoms with E-state index in [0.29, 0.717) is 23.9 Å². The van der Waals surface area contributed by atoms with Crippen LogP contribution in [0.3, 0.4) is 0 Å². The number of amides is 1. The van der Waals surface area contributed by atoms with Crippen LogP contribution in [0.15, 0.2) is 49.3 Å². The molecule has 0 unspecified atom stereocenters. The molecular formula is C25H29N3O2. The summed E-state index contributed by atoms with van der Waals surface area (Å²) in [4.78, 5) is 19.3. The summed E-state index contributed by atoms with van der Waals surface area (Å²) in [6, 6.07) is 10.5. The highest BCUT2D eigenvalue weighted by atomic mass is 16.5. The molecule has 0 saturated carbocycles. The molecule has 3 saturated heterocycles. The Kier molecular flexibility index (Phi) is 4.95. The van der Waals surface area contributed by atoms with Gasteiger partial charge in [-0.2, -0.15) is 0 Å². The lowest BCUT2D eigenvalue weighted by Gasteiger charge is -2.29. The van der Waals surface area contributed by atoms with Crippen LogP contribution in [-0.4, -0.2) is 47.1 Å². The number of hydrogen-bond donors (Lipinski definition) is 1. The summed E-state index contributed by atoms with van der Waals surface area (Å²) in [6.45, 7) is 9.44. The normalized spacial score (nSPS) is 29.7. The first-order chi connectivity index (χ1) is 14.6. The number of nitrogens with zero attached hydrogens (tertiary/aromatic N) is 2. The highest BCUT2D eigenvalue weighted by Crippen LogP contribution is 2.54. The van der Waals surface area contributed by atoms with Crippen molar-refractivity contribution in [2.24, 2.45) is 11.8 Å². The van der Waals surface area contributed by atoms with Crippen molar-refractivity contribution in [1.82, 2.24) is 15.2 Å². The van der Waals surface area contributed by atoms with Gasteiger partial charge in [-0.3, -0.25) is 14.7 Å². The van der Waals surface area contributed by atoms with E-state index >= 15 is 0 Å². The first kappa shape index (κ1) is 19.5. The number of aryl methyl sites for hydroxylation is 1. The van der Waals surface area contributed by atoms with Gasteiger partial charge in [0.15, 0.2) is 0 Å². The number of pyridine rings is 1. The summed E-state index contributed by atoms with van der Waals surface area (Å²) in [5.74, 6) is 0.826. The van der Waals surface area contributed by atoms with Crippen LogP contribution in [0.4, 0.5) is 0 Å². The third-order valence-electron chi connectivity index (χ3n) is 7.23. The van der Waals surface area contributed by atoms with Gasteiger partial charge in [-0.25, -0.2) is 0 Å². The predicted octanol–water partition coefficient (Wildman–Crippen LogP) is 3.44. The first-order valence-corrected chi connectivity index (χ1v) is 10.9. The topological polar surface area (TPSA) is 54.5 Å². The fraction of sp³-hybridized carbons (Fsp3) is 0.440. The van der Waals surface area contributed by atoms with Crippen molar-refractivity contribution in [3.05, 3.63) is 71.6 Å². The van der Waals surface area contributed by atoms with Gasteiger partial charge in [-0.05, 0) is 42.5 Å². The minimum absolute atomic E-state index is 0.0275. The highest BCUT2D eigenvalue weighted by Gasteiger charge is 2.62. The molecule has 1 aromatic heterocycles. The average Bonchev–Trinajstić information content (AvgIpc) is 3.40. The van der Waals surface area contributed by atoms with E-state index in [1.54, 1.807) is 12.4 Å². The lowest BCUT2D eigenvalue weighted by atomic mass is 9.73. The van der Waals surface area contributed by atoms with Crippen LogP contribution in [0.1, 0.15) is 39.9 Å². The summed E-state index contributed by atoms with van der Waals surface area (Å²) in [5.41, 5.74) is 4.06. The second kappa shape index (κ2) is 7.64. The summed E-state index contributed by atoms with van der Waals surface area (Å²) >= 11 is 0. The lowest BCUT2D eigenvalue weighted by molar-refractivity contribution is 0.00212. The van der Waals surface area contributed by atoms with E-state index in [0.717, 1.165) is 43.6 Å². The molecule has 4 heterocycles. The Labute approximate surface area is 178 Å². The minimum atomic E-state index is -0.0338. The minimum Gasteiger partial charge on any atom is -0.370 e. The van der Waals surface area contributed by atoms with E-state index < -0.39 is 0 Å². The van der Waals surface area contributed by atoms with Crippen LogP contribution in [0.2, 0.25) is 0 Å². The molecule has 0 radical (unpaired) electrons. The van der Waals surface area contributed by atoms with Gasteiger partial charge in [0.2, 0.25) is 0 Å². The Bertz CT molecular complexity index is 974. The number of rotatable bonds is 6. The van der Waals surface area contributed by atoms with Gasteiger partial charge >= 0.3 is 0 Å². The molecule has 30 heavy (non-hydrogen) atoms. The molecule has 3 aliphatic rings. The van der Waals surface area contributed by atoms with Gasteiger partial charge in [0.25, 0.3) is 5.91 Å². The van der Waals surface area contributed by atoms with Crippen molar-refractivity contribution in [2.45, 2.75) is 38.0 Å². The van der Waals surface area contributed by atoms with Crippen LogP contribution >= 0.6 is 0 Å². The van der Waals surface area contributed by atoms with Crippen LogP contribution < -0.4 is 5.32 Å². The van der Waals surface area contributed by atoms with Gasteiger partial charge < -0.3 is 10.1 Å². The fourth-order valence-electron chi connectivity index (χ4n) is 5.76. The molecule has 5 rings (SSSR count). The number of nitrogens with one attached hydrogen (secondary N) is 1. The fourth-order valence-corrected chi connectivity index (χ4v) is 5.76. The monoisotopic (exact) mass is 403 g/mol. The van der Waals surface area contributed by atoms with Gasteiger partial charge in [-0.1, -0.05) is 36.9 Å². The van der Waals surface area contributed by atoms with E-state index in [1.807, 2.05) is 19.1 Å². The maximum atomic E-state index is 12.7. The Morgan fingerprint density at radius 1 is 1.43 bits per heavy atom. The number of fused-ring (bicyclic) bond motifs is 1. The first-order valence-electron chi connectivity index (χ1n) is 10.9. The number of aromatic nitrogens is 1. The molecule has 0 aliphatic carbocycles. The molecule has 1 spiro atoms. The van der Waals surface area contributed by atoms with Crippen LogP contribution in [0, 0.1) is 18.8 Å². The van der Waals surface area contributed by atoms with E-state index in [-0.39, 0.29) is 17.6 Å². The van der Waals surface area contributed by atoms with E-state index in [4.69, 9.17) is 4.74 Å². The number of ether oxygens (including phenoxy) is 1. The van der Waals surface area contributed by atoms with E-state index in [1.165, 1.54) is 5.56 Å². The van der Waals surface area contributed by atoms with Gasteiger partial charge in [0.05, 0.1) is 17.3 Å². The number of likely N-dealkylation sites (tertiary alicyclic amines) is 1. The maximum Gasteiger partial charge on any atom is 0.253 e. The zero-order chi connectivity index (χ0) is 20.7. The maximum absolute atomic E-state index is 12.7. The Hall–Kier alpha value is -2.50. The molecule has 1 aromatic carbocycles. The SMILES string of the molecule is C=Cc1cccc(CN2C[C@@H]3[C@H](CNC(=O)c4cnccc4C)[C@H]4CC[C@]3(C2)O4)c1. The standard InChI is InChI=1S/C25H29N3O2/c1-3-18-5-4-6-19(11-18)14-28-15-22-21(23-7-9-25(22,16-28)30-23)13-27-24(29)20-12-26-10-8-17(20)2/h3-6,8,10-12,21-23H,1,7,9,13-16H2,2H3,(H,27,29)/t21-,22+,23+,25+/m0/s1. The number of carbonyl (C=O) groups is 1. The van der Waals surface area contributed by atoms with Crippen molar-refractivity contribution < 1.29 is 9.53 Å². The molecule has 156 valence electrons. The summed E-state index contributed by atoms with van der Waals surface area (Å²) < 4.78 is 6.55. The Morgan fingerprint density at radius 2 is 2.33 bits per heavy atom. The van der Waals surface area contributed by atoms with E-state index in [9.17, 15) is 4.79 Å². The Balaban J connectivity index is 1.25. The lowest BCUT2D eigenvalue weighted by Crippen LogP contribution is -2.42. The molecule has 4 atom stereocenters. The van der Waals surface area contributed by atoms with Gasteiger partial charge in [0.1, 0.15) is 0 Å². The van der Waals surface area contributed by atoms with Gasteiger partial charge in [-0.15, -0.1) is 0 Å². The second-order valence-electron chi connectivity index (χ2n) is 9.05. The molecule has 5 heteroatoms. The second-order valence-corrected chi connectivity index (χ2v) is 9.05. The van der Waals surface area contributed by atoms with Crippen molar-refractivity contribution >= 4 is 12.0 Å². The molecule has 2 aromatic rings. The predicted molar refractivity (Wildman–Crippen MR) is 117 cm³/mol. The van der Waals surface area contributed by atoms with Crippen molar-refractivity contribution in [1.29, 1.82) is 0 Å². The number of carbonyl (C=O) groups excluding carboxylic acids is 1. The third-order valence-corrected chi connectivity index (χ3v) is 7.23. The van der Waals surface area contributed by atoms with Crippen molar-refractivity contribution in [3.63, 3.8) is 0 Å². The third kappa shape index (κ3) is 3.36. The molecule has 1 N–H and O–H groups in total. The number of hydrogen-bond acceptors (Lipinski definition) is 4. The molecule has 3 fully saturated rings. The Morgan fingerprint density at radius 3 is 3.17 bits per heavy atom. The van der Waals surface area contributed by atoms with E-state index in [2.05, 4.69) is 46.0 Å². The quantitative estimate of drug-likeness (QED) is 0.803. The summed E-state index contributed by atoms with van der Waals surface area (Å²) in [6.07, 6.45) is 7.78. The zero-order valence-corrected chi connectivity index (χ0v) is 17.5. The van der Waals surface area contributed by atoms with Crippen LogP contribution in [0.25, 0.3) is 6.08 Å². The molecular weight excluding hydrogens is 374 g/mol. The van der Waals surface area contributed by atoms with Gasteiger partial charge in [0, 0.05) is 50.4 Å². The van der Waals surface area contributed by atoms with Crippen molar-refractivity contribution in [3.8, 4) is 0 Å². The van der Waals surface area contributed by atoms with Crippen LogP contribution in [0.5, 0.6) is 0 Å². The summed E-state index contributed by atoms with van der Waals surface area (Å²) in [5, 5.41) is 3.17.